The van der Waals surface area contributed by atoms with Gasteiger partial charge in [-0.3, -0.25) is 4.79 Å². The Morgan fingerprint density at radius 2 is 1.88 bits per heavy atom. The van der Waals surface area contributed by atoms with E-state index >= 15 is 0 Å². The van der Waals surface area contributed by atoms with Gasteiger partial charge in [0.15, 0.2) is 7.85 Å². The number of amides is 1. The van der Waals surface area contributed by atoms with Crippen LogP contribution in [0.2, 0.25) is 0 Å². The fourth-order valence-corrected chi connectivity index (χ4v) is 1.36. The second-order valence-corrected chi connectivity index (χ2v) is 4.56. The van der Waals surface area contributed by atoms with Crippen molar-refractivity contribution in [3.8, 4) is 0 Å². The molecule has 1 amide bonds. The highest BCUT2D eigenvalue weighted by Crippen LogP contribution is 2.01. The van der Waals surface area contributed by atoms with Crippen LogP contribution in [-0.2, 0) is 9.59 Å². The summed E-state index contributed by atoms with van der Waals surface area (Å²) in [5.74, 6) is 0.243. The monoisotopic (exact) mass is 258 g/mol. The highest BCUT2D eigenvalue weighted by molar-refractivity contribution is 7.13. The smallest absolute Gasteiger partial charge is 0.222 e. The summed E-state index contributed by atoms with van der Waals surface area (Å²) < 4.78 is 0. The van der Waals surface area contributed by atoms with Gasteiger partial charge in [-0.25, -0.2) is 0 Å². The van der Waals surface area contributed by atoms with Crippen molar-refractivity contribution in [3.63, 3.8) is 0 Å². The minimum absolute atomic E-state index is 0.0890. The second kappa shape index (κ2) is 13.7. The Morgan fingerprint density at radius 1 is 1.35 bits per heavy atom. The zero-order valence-corrected chi connectivity index (χ0v) is 12.2. The molecule has 0 aliphatic carbocycles. The number of carbonyl (C=O) groups excluding carboxylic acids is 2. The van der Waals surface area contributed by atoms with Crippen molar-refractivity contribution in [2.45, 2.75) is 46.1 Å². The normalized spacial score (nSPS) is 11.4. The Balaban J connectivity index is 0. The lowest BCUT2D eigenvalue weighted by Crippen LogP contribution is -2.35. The van der Waals surface area contributed by atoms with Crippen LogP contribution in [0.1, 0.15) is 40.0 Å². The molecule has 0 fully saturated rings. The molecule has 2 unspecified atom stereocenters. The van der Waals surface area contributed by atoms with E-state index in [1.54, 1.807) is 0 Å². The molecule has 0 aliphatic rings. The predicted octanol–water partition coefficient (Wildman–Crippen LogP) is 1.04. The highest BCUT2D eigenvalue weighted by Gasteiger charge is 2.09. The molecule has 0 saturated carbocycles. The summed E-state index contributed by atoms with van der Waals surface area (Å²) in [4.78, 5) is 19.9. The molecule has 0 aliphatic heterocycles. The zero-order chi connectivity index (χ0) is 13.7. The largest absolute Gasteiger partial charge is 0.353 e. The first-order chi connectivity index (χ1) is 7.99. The predicted molar refractivity (Wildman–Crippen MR) is 76.5 cm³/mol. The third-order valence-electron chi connectivity index (χ3n) is 2.12. The number of rotatable bonds is 7. The van der Waals surface area contributed by atoms with Crippen molar-refractivity contribution in [2.24, 2.45) is 5.92 Å². The molecule has 0 saturated heterocycles. The second-order valence-electron chi connectivity index (χ2n) is 4.15. The van der Waals surface area contributed by atoms with E-state index in [1.165, 1.54) is 0 Å². The molecule has 0 aromatic heterocycles. The molecule has 98 valence electrons. The summed E-state index contributed by atoms with van der Waals surface area (Å²) in [6.45, 7) is 6.92. The lowest BCUT2D eigenvalue weighted by molar-refractivity contribution is -0.124. The summed E-state index contributed by atoms with van der Waals surface area (Å²) in [6, 6.07) is 0.300. The molecule has 2 radical (unpaired) electrons. The van der Waals surface area contributed by atoms with E-state index < -0.39 is 0 Å². The summed E-state index contributed by atoms with van der Waals surface area (Å²) in [5.41, 5.74) is 0. The molecule has 2 atom stereocenters. The Kier molecular flexibility index (Phi) is 15.2. The Hall–Kier alpha value is -0.405. The molecule has 0 spiro atoms. The van der Waals surface area contributed by atoms with Crippen molar-refractivity contribution in [2.75, 3.05) is 6.54 Å². The SMILES string of the molecule is CC(CCCCNP)NC(=O)C(C)C.[B]C=O. The standard InChI is InChI=1S/C10H23N2OP.CHBO/c1-8(2)10(13)12-9(3)6-4-5-7-11-14;2-1-3/h8-9,11H,4-7,14H2,1-3H3,(H,12,13);1H. The van der Waals surface area contributed by atoms with Gasteiger partial charge in [0.1, 0.15) is 0 Å². The van der Waals surface area contributed by atoms with Crippen molar-refractivity contribution in [3.05, 3.63) is 0 Å². The maximum atomic E-state index is 11.3. The zero-order valence-electron chi connectivity index (χ0n) is 11.0. The highest BCUT2D eigenvalue weighted by atomic mass is 31.0. The number of unbranched alkanes of at least 4 members (excludes halogenated alkanes) is 1. The fraction of sp³-hybridized carbons (Fsp3) is 0.818. The molecule has 2 N–H and O–H groups in total. The van der Waals surface area contributed by atoms with Gasteiger partial charge in [0.25, 0.3) is 0 Å². The van der Waals surface area contributed by atoms with Gasteiger partial charge in [-0.15, -0.1) is 0 Å². The average molecular weight is 258 g/mol. The topological polar surface area (TPSA) is 58.2 Å². The summed E-state index contributed by atoms with van der Waals surface area (Å²) in [6.07, 6.45) is 3.62. The van der Waals surface area contributed by atoms with Gasteiger partial charge in [0, 0.05) is 12.0 Å². The third kappa shape index (κ3) is 15.6. The van der Waals surface area contributed by atoms with Crippen LogP contribution in [0, 0.1) is 5.92 Å². The van der Waals surface area contributed by atoms with Crippen LogP contribution >= 0.6 is 9.39 Å². The molecular formula is C11H24BN2O2P. The van der Waals surface area contributed by atoms with Crippen LogP contribution in [-0.4, -0.2) is 32.5 Å². The van der Waals surface area contributed by atoms with Gasteiger partial charge in [0.2, 0.25) is 5.91 Å². The van der Waals surface area contributed by atoms with Crippen molar-refractivity contribution in [1.82, 2.24) is 10.4 Å². The first kappa shape index (κ1) is 18.9. The van der Waals surface area contributed by atoms with Gasteiger partial charge in [-0.2, -0.15) is 0 Å². The summed E-state index contributed by atoms with van der Waals surface area (Å²) in [7, 11) is 6.66. The molecule has 0 aromatic carbocycles. The summed E-state index contributed by atoms with van der Waals surface area (Å²) >= 11 is 0. The minimum Gasteiger partial charge on any atom is -0.353 e. The lowest BCUT2D eigenvalue weighted by atomic mass is 10.1. The summed E-state index contributed by atoms with van der Waals surface area (Å²) in [5, 5.41) is 6.02. The Labute approximate surface area is 108 Å². The molecule has 4 nitrogen and oxygen atoms in total. The Morgan fingerprint density at radius 3 is 2.29 bits per heavy atom. The number of carbonyl (C=O) groups is 2. The van der Waals surface area contributed by atoms with E-state index in [1.807, 2.05) is 13.8 Å². The molecule has 0 bridgehead atoms. The van der Waals surface area contributed by atoms with Crippen molar-refractivity contribution in [1.29, 1.82) is 0 Å². The first-order valence-corrected chi connectivity index (χ1v) is 6.46. The first-order valence-electron chi connectivity index (χ1n) is 5.88. The van der Waals surface area contributed by atoms with Crippen LogP contribution in [0.5, 0.6) is 0 Å². The molecule has 17 heavy (non-hydrogen) atoms. The number of nitrogens with one attached hydrogen (secondary N) is 2. The van der Waals surface area contributed by atoms with E-state index in [-0.39, 0.29) is 18.0 Å². The van der Waals surface area contributed by atoms with Crippen LogP contribution in [0.25, 0.3) is 0 Å². The van der Waals surface area contributed by atoms with Crippen molar-refractivity contribution < 1.29 is 9.59 Å². The fourth-order valence-electron chi connectivity index (χ4n) is 1.16. The third-order valence-corrected chi connectivity index (χ3v) is 2.41. The Bertz CT molecular complexity index is 204. The van der Waals surface area contributed by atoms with Gasteiger partial charge >= 0.3 is 0 Å². The molecule has 0 aromatic rings. The molecular weight excluding hydrogens is 234 g/mol. The van der Waals surface area contributed by atoms with Crippen LogP contribution in [0.3, 0.4) is 0 Å². The molecule has 0 heterocycles. The van der Waals surface area contributed by atoms with E-state index in [0.717, 1.165) is 25.8 Å². The van der Waals surface area contributed by atoms with Crippen molar-refractivity contribution >= 4 is 29.3 Å². The molecule has 6 heteroatoms. The average Bonchev–Trinajstić information content (AvgIpc) is 2.25. The van der Waals surface area contributed by atoms with Crippen LogP contribution in [0.15, 0.2) is 0 Å². The lowest BCUT2D eigenvalue weighted by Gasteiger charge is -2.15. The minimum atomic E-state index is 0.0890. The van der Waals surface area contributed by atoms with E-state index in [0.29, 0.717) is 6.04 Å². The quantitative estimate of drug-likeness (QED) is 0.310. The number of hydrogen-bond acceptors (Lipinski definition) is 3. The van der Waals surface area contributed by atoms with Crippen LogP contribution < -0.4 is 10.4 Å². The van der Waals surface area contributed by atoms with E-state index in [4.69, 9.17) is 4.79 Å². The maximum absolute atomic E-state index is 11.3. The van der Waals surface area contributed by atoms with Crippen LogP contribution in [0.4, 0.5) is 0 Å². The molecule has 0 rings (SSSR count). The van der Waals surface area contributed by atoms with E-state index in [2.05, 4.69) is 34.6 Å². The van der Waals surface area contributed by atoms with Gasteiger partial charge in [-0.1, -0.05) is 29.7 Å². The van der Waals surface area contributed by atoms with Gasteiger partial charge < -0.3 is 15.2 Å². The van der Waals surface area contributed by atoms with Gasteiger partial charge in [0.05, 0.1) is 6.19 Å². The van der Waals surface area contributed by atoms with E-state index in [9.17, 15) is 4.79 Å². The maximum Gasteiger partial charge on any atom is 0.222 e. The number of hydrogen-bond donors (Lipinski definition) is 2. The van der Waals surface area contributed by atoms with Gasteiger partial charge in [-0.05, 0) is 26.3 Å².